The van der Waals surface area contributed by atoms with Gasteiger partial charge in [0.15, 0.2) is 5.96 Å². The van der Waals surface area contributed by atoms with Crippen molar-refractivity contribution in [2.24, 2.45) is 4.99 Å². The molecule has 2 N–H and O–H groups in total. The van der Waals surface area contributed by atoms with Gasteiger partial charge in [-0.2, -0.15) is 0 Å². The van der Waals surface area contributed by atoms with E-state index in [0.29, 0.717) is 6.04 Å². The maximum atomic E-state index is 4.59. The van der Waals surface area contributed by atoms with Gasteiger partial charge in [0.25, 0.3) is 0 Å². The Morgan fingerprint density at radius 3 is 2.85 bits per heavy atom. The number of rotatable bonds is 5. The predicted octanol–water partition coefficient (Wildman–Crippen LogP) is 2.75. The first-order valence-electron chi connectivity index (χ1n) is 7.72. The fourth-order valence-electron chi connectivity index (χ4n) is 2.57. The van der Waals surface area contributed by atoms with Crippen molar-refractivity contribution in [1.82, 2.24) is 15.6 Å². The molecule has 0 amide bonds. The molecule has 1 aliphatic rings. The van der Waals surface area contributed by atoms with E-state index < -0.39 is 0 Å². The number of nitrogens with one attached hydrogen (secondary N) is 2. The Balaban J connectivity index is 1.70. The van der Waals surface area contributed by atoms with Crippen LogP contribution in [0.15, 0.2) is 10.4 Å². The molecule has 2 rings (SSSR count). The maximum Gasteiger partial charge on any atom is 0.191 e. The monoisotopic (exact) mass is 294 g/mol. The molecule has 0 radical (unpaired) electrons. The molecule has 4 nitrogen and oxygen atoms in total. The van der Waals surface area contributed by atoms with Crippen molar-refractivity contribution in [3.63, 3.8) is 0 Å². The molecule has 0 unspecified atom stereocenters. The van der Waals surface area contributed by atoms with Gasteiger partial charge in [-0.05, 0) is 19.3 Å². The van der Waals surface area contributed by atoms with Crippen LogP contribution >= 0.6 is 11.3 Å². The van der Waals surface area contributed by atoms with E-state index in [-0.39, 0.29) is 0 Å². The largest absolute Gasteiger partial charge is 0.356 e. The summed E-state index contributed by atoms with van der Waals surface area (Å²) in [6.07, 6.45) is 8.60. The molecule has 1 aliphatic carbocycles. The second kappa shape index (κ2) is 8.25. The highest BCUT2D eigenvalue weighted by Gasteiger charge is 2.14. The number of aliphatic imine (C=N–C) groups is 1. The van der Waals surface area contributed by atoms with Gasteiger partial charge in [0.05, 0.1) is 10.7 Å². The number of hydrogen-bond acceptors (Lipinski definition) is 3. The molecule has 5 heteroatoms. The Labute approximate surface area is 126 Å². The molecule has 0 spiro atoms. The zero-order valence-electron chi connectivity index (χ0n) is 12.6. The van der Waals surface area contributed by atoms with Gasteiger partial charge in [0, 0.05) is 31.4 Å². The normalized spacial score (nSPS) is 17.2. The van der Waals surface area contributed by atoms with Crippen LogP contribution in [0, 0.1) is 0 Å². The van der Waals surface area contributed by atoms with E-state index in [4.69, 9.17) is 0 Å². The van der Waals surface area contributed by atoms with Crippen LogP contribution in [0.3, 0.4) is 0 Å². The lowest BCUT2D eigenvalue weighted by molar-refractivity contribution is 0.410. The van der Waals surface area contributed by atoms with Gasteiger partial charge in [0.1, 0.15) is 0 Å². The average Bonchev–Trinajstić information content (AvgIpc) is 2.95. The molecule has 0 saturated heterocycles. The fraction of sp³-hybridized carbons (Fsp3) is 0.733. The van der Waals surface area contributed by atoms with Crippen LogP contribution in [-0.2, 0) is 12.8 Å². The van der Waals surface area contributed by atoms with Crippen molar-refractivity contribution in [2.45, 2.75) is 57.9 Å². The van der Waals surface area contributed by atoms with E-state index in [9.17, 15) is 0 Å². The summed E-state index contributed by atoms with van der Waals surface area (Å²) in [5.41, 5.74) is 1.19. The summed E-state index contributed by atoms with van der Waals surface area (Å²) in [6.45, 7) is 3.04. The minimum absolute atomic E-state index is 0.598. The Hall–Kier alpha value is -1.10. The zero-order chi connectivity index (χ0) is 14.2. The van der Waals surface area contributed by atoms with Gasteiger partial charge in [-0.3, -0.25) is 4.99 Å². The van der Waals surface area contributed by atoms with Crippen molar-refractivity contribution in [3.8, 4) is 0 Å². The van der Waals surface area contributed by atoms with Crippen LogP contribution < -0.4 is 10.6 Å². The Kier molecular flexibility index (Phi) is 6.30. The van der Waals surface area contributed by atoms with Gasteiger partial charge in [-0.25, -0.2) is 4.98 Å². The van der Waals surface area contributed by atoms with Crippen LogP contribution in [-0.4, -0.2) is 30.6 Å². The molecule has 0 atom stereocenters. The van der Waals surface area contributed by atoms with E-state index in [0.717, 1.165) is 25.3 Å². The van der Waals surface area contributed by atoms with E-state index in [2.05, 4.69) is 32.9 Å². The molecular formula is C15H26N4S. The first-order valence-corrected chi connectivity index (χ1v) is 8.60. The van der Waals surface area contributed by atoms with Crippen molar-refractivity contribution in [3.05, 3.63) is 16.1 Å². The predicted molar refractivity (Wildman–Crippen MR) is 86.6 cm³/mol. The van der Waals surface area contributed by atoms with Crippen LogP contribution in [0.2, 0.25) is 0 Å². The highest BCUT2D eigenvalue weighted by atomic mass is 32.1. The second-order valence-electron chi connectivity index (χ2n) is 5.31. The highest BCUT2D eigenvalue weighted by Crippen LogP contribution is 2.17. The third-order valence-electron chi connectivity index (χ3n) is 3.74. The quantitative estimate of drug-likeness (QED) is 0.648. The standard InChI is InChI=1S/C15H26N4S/c1-3-14-18-13(11-20-14)9-10-17-15(16-2)19-12-7-5-4-6-8-12/h11-12H,3-10H2,1-2H3,(H2,16,17,19). The number of aromatic nitrogens is 1. The number of hydrogen-bond donors (Lipinski definition) is 2. The van der Waals surface area contributed by atoms with Gasteiger partial charge in [0.2, 0.25) is 0 Å². The second-order valence-corrected chi connectivity index (χ2v) is 6.26. The van der Waals surface area contributed by atoms with Crippen LogP contribution in [0.5, 0.6) is 0 Å². The lowest BCUT2D eigenvalue weighted by Gasteiger charge is -2.24. The lowest BCUT2D eigenvalue weighted by Crippen LogP contribution is -2.44. The molecule has 1 aromatic heterocycles. The van der Waals surface area contributed by atoms with Crippen molar-refractivity contribution in [2.75, 3.05) is 13.6 Å². The fourth-order valence-corrected chi connectivity index (χ4v) is 3.35. The summed E-state index contributed by atoms with van der Waals surface area (Å²) in [4.78, 5) is 8.90. The summed E-state index contributed by atoms with van der Waals surface area (Å²) in [5, 5.41) is 10.3. The van der Waals surface area contributed by atoms with Crippen molar-refractivity contribution in [1.29, 1.82) is 0 Å². The molecule has 1 fully saturated rings. The molecular weight excluding hydrogens is 268 g/mol. The summed E-state index contributed by atoms with van der Waals surface area (Å²) in [5.74, 6) is 0.933. The SMILES string of the molecule is CCc1nc(CCNC(=NC)NC2CCCCC2)cs1. The lowest BCUT2D eigenvalue weighted by atomic mass is 9.96. The Morgan fingerprint density at radius 1 is 1.40 bits per heavy atom. The zero-order valence-corrected chi connectivity index (χ0v) is 13.4. The minimum atomic E-state index is 0.598. The first kappa shape index (κ1) is 15.3. The molecule has 20 heavy (non-hydrogen) atoms. The summed E-state index contributed by atoms with van der Waals surface area (Å²) in [6, 6.07) is 0.598. The van der Waals surface area contributed by atoms with Crippen LogP contribution in [0.25, 0.3) is 0 Å². The van der Waals surface area contributed by atoms with E-state index in [1.54, 1.807) is 11.3 Å². The van der Waals surface area contributed by atoms with Gasteiger partial charge in [-0.1, -0.05) is 26.2 Å². The molecule has 0 aromatic carbocycles. The van der Waals surface area contributed by atoms with Crippen molar-refractivity contribution >= 4 is 17.3 Å². The number of guanidine groups is 1. The van der Waals surface area contributed by atoms with Gasteiger partial charge >= 0.3 is 0 Å². The topological polar surface area (TPSA) is 49.3 Å². The summed E-state index contributed by atoms with van der Waals surface area (Å²) in [7, 11) is 1.84. The molecule has 1 heterocycles. The molecule has 0 aliphatic heterocycles. The smallest absolute Gasteiger partial charge is 0.191 e. The number of thiazole rings is 1. The summed E-state index contributed by atoms with van der Waals surface area (Å²) < 4.78 is 0. The Bertz CT molecular complexity index is 421. The van der Waals surface area contributed by atoms with Crippen LogP contribution in [0.1, 0.15) is 49.7 Å². The average molecular weight is 294 g/mol. The minimum Gasteiger partial charge on any atom is -0.356 e. The third kappa shape index (κ3) is 4.78. The highest BCUT2D eigenvalue weighted by molar-refractivity contribution is 7.09. The van der Waals surface area contributed by atoms with Crippen molar-refractivity contribution < 1.29 is 0 Å². The molecule has 1 aromatic rings. The third-order valence-corrected chi connectivity index (χ3v) is 4.79. The van der Waals surface area contributed by atoms with E-state index >= 15 is 0 Å². The van der Waals surface area contributed by atoms with Crippen LogP contribution in [0.4, 0.5) is 0 Å². The first-order chi connectivity index (χ1) is 9.81. The van der Waals surface area contributed by atoms with Gasteiger partial charge in [-0.15, -0.1) is 11.3 Å². The van der Waals surface area contributed by atoms with E-state index in [1.807, 2.05) is 7.05 Å². The molecule has 0 bridgehead atoms. The maximum absolute atomic E-state index is 4.59. The number of nitrogens with zero attached hydrogens (tertiary/aromatic N) is 2. The Morgan fingerprint density at radius 2 is 2.20 bits per heavy atom. The molecule has 1 saturated carbocycles. The summed E-state index contributed by atoms with van der Waals surface area (Å²) >= 11 is 1.76. The number of aryl methyl sites for hydroxylation is 1. The van der Waals surface area contributed by atoms with E-state index in [1.165, 1.54) is 42.8 Å². The van der Waals surface area contributed by atoms with Gasteiger partial charge < -0.3 is 10.6 Å². The molecule has 112 valence electrons.